The van der Waals surface area contributed by atoms with Gasteiger partial charge in [-0.15, -0.1) is 0 Å². The summed E-state index contributed by atoms with van der Waals surface area (Å²) >= 11 is 0. The quantitative estimate of drug-likeness (QED) is 0.700. The van der Waals surface area contributed by atoms with Gasteiger partial charge >= 0.3 is 0 Å². The number of carbonyl (C=O) groups excluding carboxylic acids is 1. The van der Waals surface area contributed by atoms with Crippen LogP contribution in [0.2, 0.25) is 0 Å². The summed E-state index contributed by atoms with van der Waals surface area (Å²) in [6, 6.07) is 5.19. The molecule has 0 saturated carbocycles. The van der Waals surface area contributed by atoms with Gasteiger partial charge in [0.25, 0.3) is 5.92 Å². The molecule has 0 N–H and O–H groups in total. The summed E-state index contributed by atoms with van der Waals surface area (Å²) in [5.74, 6) is -3.44. The second-order valence-corrected chi connectivity index (χ2v) is 3.99. The van der Waals surface area contributed by atoms with Gasteiger partial charge in [0.1, 0.15) is 0 Å². The van der Waals surface area contributed by atoms with E-state index < -0.39 is 18.1 Å². The molecule has 15 heavy (non-hydrogen) atoms. The summed E-state index contributed by atoms with van der Waals surface area (Å²) in [4.78, 5) is 11.5. The Morgan fingerprint density at radius 1 is 1.33 bits per heavy atom. The van der Waals surface area contributed by atoms with Gasteiger partial charge in [-0.2, -0.15) is 0 Å². The Morgan fingerprint density at radius 3 is 2.40 bits per heavy atom. The third-order valence-corrected chi connectivity index (χ3v) is 2.15. The Bertz CT molecular complexity index is 378. The van der Waals surface area contributed by atoms with E-state index in [2.05, 4.69) is 0 Å². The molecule has 0 aliphatic heterocycles. The lowest BCUT2D eigenvalue weighted by atomic mass is 9.99. The van der Waals surface area contributed by atoms with Crippen molar-refractivity contribution in [3.63, 3.8) is 0 Å². The number of ketones is 1. The van der Waals surface area contributed by atoms with Crippen molar-refractivity contribution >= 4 is 5.78 Å². The molecule has 82 valence electrons. The lowest BCUT2D eigenvalue weighted by Gasteiger charge is -2.10. The molecule has 0 heterocycles. The first-order chi connectivity index (χ1) is 6.79. The Hall–Kier alpha value is -1.25. The van der Waals surface area contributed by atoms with E-state index in [1.807, 2.05) is 13.0 Å². The molecule has 1 rings (SSSR count). The van der Waals surface area contributed by atoms with Gasteiger partial charge in [-0.05, 0) is 26.3 Å². The van der Waals surface area contributed by atoms with Gasteiger partial charge in [-0.1, -0.05) is 23.8 Å². The molecular weight excluding hydrogens is 198 g/mol. The molecule has 0 aliphatic rings. The van der Waals surface area contributed by atoms with E-state index in [4.69, 9.17) is 0 Å². The number of benzene rings is 1. The average Bonchev–Trinajstić information content (AvgIpc) is 1.99. The molecule has 0 aliphatic carbocycles. The Labute approximate surface area is 88.1 Å². The van der Waals surface area contributed by atoms with Crippen LogP contribution in [0.3, 0.4) is 0 Å². The van der Waals surface area contributed by atoms with Crippen LogP contribution in [-0.2, 0) is 0 Å². The van der Waals surface area contributed by atoms with Crippen molar-refractivity contribution in [1.82, 2.24) is 0 Å². The smallest absolute Gasteiger partial charge is 0.252 e. The molecule has 0 aromatic heterocycles. The monoisotopic (exact) mass is 212 g/mol. The molecule has 1 nitrogen and oxygen atoms in total. The molecule has 1 aromatic carbocycles. The number of hydrogen-bond donors (Lipinski definition) is 0. The van der Waals surface area contributed by atoms with Crippen molar-refractivity contribution in [2.75, 3.05) is 0 Å². The van der Waals surface area contributed by atoms with Crippen molar-refractivity contribution in [2.24, 2.45) is 0 Å². The van der Waals surface area contributed by atoms with E-state index >= 15 is 0 Å². The minimum absolute atomic E-state index is 0.391. The fourth-order valence-electron chi connectivity index (χ4n) is 1.50. The van der Waals surface area contributed by atoms with Crippen molar-refractivity contribution < 1.29 is 13.6 Å². The van der Waals surface area contributed by atoms with E-state index in [0.29, 0.717) is 5.56 Å². The van der Waals surface area contributed by atoms with Gasteiger partial charge < -0.3 is 0 Å². The molecule has 0 radical (unpaired) electrons. The van der Waals surface area contributed by atoms with E-state index in [1.54, 1.807) is 19.1 Å². The first-order valence-corrected chi connectivity index (χ1v) is 4.78. The zero-order valence-electron chi connectivity index (χ0n) is 9.10. The number of Topliss-reactive ketones (excluding diaryl/α,β-unsaturated/α-hetero) is 1. The maximum Gasteiger partial charge on any atom is 0.252 e. The van der Waals surface area contributed by atoms with Crippen molar-refractivity contribution in [2.45, 2.75) is 33.1 Å². The maximum absolute atomic E-state index is 12.6. The standard InChI is InChI=1S/C12H14F2O/c1-8-4-5-10(9(2)6-8)11(15)7-12(3,13)14/h4-6H,7H2,1-3H3. The minimum atomic E-state index is -2.94. The highest BCUT2D eigenvalue weighted by Crippen LogP contribution is 2.21. The number of alkyl halides is 2. The van der Waals surface area contributed by atoms with Crippen LogP contribution in [-0.4, -0.2) is 11.7 Å². The number of aryl methyl sites for hydroxylation is 2. The van der Waals surface area contributed by atoms with Crippen LogP contribution in [0.15, 0.2) is 18.2 Å². The molecule has 1 aromatic rings. The molecule has 0 saturated heterocycles. The normalized spacial score (nSPS) is 11.5. The second-order valence-electron chi connectivity index (χ2n) is 3.99. The third-order valence-electron chi connectivity index (χ3n) is 2.15. The van der Waals surface area contributed by atoms with E-state index in [0.717, 1.165) is 18.1 Å². The van der Waals surface area contributed by atoms with Crippen LogP contribution in [0.5, 0.6) is 0 Å². The van der Waals surface area contributed by atoms with Gasteiger partial charge in [0.05, 0.1) is 6.42 Å². The summed E-state index contributed by atoms with van der Waals surface area (Å²) in [5.41, 5.74) is 2.17. The molecule has 0 atom stereocenters. The highest BCUT2D eigenvalue weighted by Gasteiger charge is 2.26. The summed E-state index contributed by atoms with van der Waals surface area (Å²) in [6.45, 7) is 4.41. The van der Waals surface area contributed by atoms with Crippen molar-refractivity contribution in [3.8, 4) is 0 Å². The number of hydrogen-bond acceptors (Lipinski definition) is 1. The van der Waals surface area contributed by atoms with Gasteiger partial charge in [0, 0.05) is 5.56 Å². The minimum Gasteiger partial charge on any atom is -0.294 e. The highest BCUT2D eigenvalue weighted by molar-refractivity contribution is 5.97. The fraction of sp³-hybridized carbons (Fsp3) is 0.417. The number of carbonyl (C=O) groups is 1. The summed E-state index contributed by atoms with van der Waals surface area (Å²) in [6.07, 6.45) is -0.725. The zero-order chi connectivity index (χ0) is 11.6. The Kier molecular flexibility index (Phi) is 3.22. The number of halogens is 2. The van der Waals surface area contributed by atoms with Gasteiger partial charge in [-0.3, -0.25) is 4.79 Å². The van der Waals surface area contributed by atoms with Crippen molar-refractivity contribution in [3.05, 3.63) is 34.9 Å². The fourth-order valence-corrected chi connectivity index (χ4v) is 1.50. The molecule has 3 heteroatoms. The van der Waals surface area contributed by atoms with Crippen LogP contribution in [0.4, 0.5) is 8.78 Å². The predicted molar refractivity (Wildman–Crippen MR) is 55.5 cm³/mol. The molecule has 0 fully saturated rings. The number of rotatable bonds is 3. The molecule has 0 spiro atoms. The molecule has 0 unspecified atom stereocenters. The Morgan fingerprint density at radius 2 is 1.93 bits per heavy atom. The van der Waals surface area contributed by atoms with Crippen molar-refractivity contribution in [1.29, 1.82) is 0 Å². The van der Waals surface area contributed by atoms with Crippen LogP contribution >= 0.6 is 0 Å². The average molecular weight is 212 g/mol. The summed E-state index contributed by atoms with van der Waals surface area (Å²) in [7, 11) is 0. The van der Waals surface area contributed by atoms with Crippen LogP contribution in [0.1, 0.15) is 34.8 Å². The first kappa shape index (κ1) is 11.8. The second kappa shape index (κ2) is 4.09. The molecule has 0 bridgehead atoms. The topological polar surface area (TPSA) is 17.1 Å². The molecule has 0 amide bonds. The largest absolute Gasteiger partial charge is 0.294 e. The van der Waals surface area contributed by atoms with Crippen LogP contribution in [0.25, 0.3) is 0 Å². The lowest BCUT2D eigenvalue weighted by molar-refractivity contribution is 0.0156. The molecular formula is C12H14F2O. The van der Waals surface area contributed by atoms with Gasteiger partial charge in [-0.25, -0.2) is 8.78 Å². The van der Waals surface area contributed by atoms with Gasteiger partial charge in [0.2, 0.25) is 0 Å². The third kappa shape index (κ3) is 3.42. The van der Waals surface area contributed by atoms with Gasteiger partial charge in [0.15, 0.2) is 5.78 Å². The summed E-state index contributed by atoms with van der Waals surface area (Å²) in [5, 5.41) is 0. The SMILES string of the molecule is Cc1ccc(C(=O)CC(C)(F)F)c(C)c1. The van der Waals surface area contributed by atoms with E-state index in [9.17, 15) is 13.6 Å². The summed E-state index contributed by atoms with van der Waals surface area (Å²) < 4.78 is 25.3. The lowest BCUT2D eigenvalue weighted by Crippen LogP contribution is -2.17. The Balaban J connectivity index is 2.92. The van der Waals surface area contributed by atoms with E-state index in [1.165, 1.54) is 0 Å². The van der Waals surface area contributed by atoms with Crippen LogP contribution in [0, 0.1) is 13.8 Å². The maximum atomic E-state index is 12.6. The highest BCUT2D eigenvalue weighted by atomic mass is 19.3. The first-order valence-electron chi connectivity index (χ1n) is 4.78. The predicted octanol–water partition coefficient (Wildman–Crippen LogP) is 3.53. The zero-order valence-corrected chi connectivity index (χ0v) is 9.10. The van der Waals surface area contributed by atoms with Crippen LogP contribution < -0.4 is 0 Å². The van der Waals surface area contributed by atoms with E-state index in [-0.39, 0.29) is 0 Å².